The summed E-state index contributed by atoms with van der Waals surface area (Å²) in [6.45, 7) is 2.79. The van der Waals surface area contributed by atoms with Crippen molar-refractivity contribution in [3.8, 4) is 5.75 Å². The molecule has 9 heteroatoms. The van der Waals surface area contributed by atoms with Gasteiger partial charge in [-0.25, -0.2) is 0 Å². The zero-order valence-corrected chi connectivity index (χ0v) is 19.3. The lowest BCUT2D eigenvalue weighted by molar-refractivity contribution is -0.118. The molecule has 3 N–H and O–H groups in total. The van der Waals surface area contributed by atoms with Crippen LogP contribution in [0.5, 0.6) is 5.75 Å². The van der Waals surface area contributed by atoms with Gasteiger partial charge in [-0.15, -0.1) is 10.2 Å². The predicted molar refractivity (Wildman–Crippen MR) is 127 cm³/mol. The average molecular weight is 466 g/mol. The molecule has 0 saturated heterocycles. The van der Waals surface area contributed by atoms with Gasteiger partial charge in [0.05, 0.1) is 12.3 Å². The number of primary amides is 1. The number of hydrogen-bond donors (Lipinski definition) is 2. The largest absolute Gasteiger partial charge is 0.492 e. The Hall–Kier alpha value is -3.33. The van der Waals surface area contributed by atoms with E-state index >= 15 is 0 Å². The fourth-order valence-corrected chi connectivity index (χ4v) is 4.59. The number of thioether (sulfide) groups is 1. The molecule has 33 heavy (non-hydrogen) atoms. The third-order valence-corrected chi connectivity index (χ3v) is 6.51. The van der Waals surface area contributed by atoms with Crippen molar-refractivity contribution in [3.63, 3.8) is 0 Å². The molecule has 3 aromatic rings. The van der Waals surface area contributed by atoms with Gasteiger partial charge in [0.15, 0.2) is 5.16 Å². The SMILES string of the molecule is CCOc1ccccc1NC(=O)C(Sc1nnc(C2CC2)n1CCC(N)=O)c1ccccc1. The van der Waals surface area contributed by atoms with Crippen LogP contribution in [0.4, 0.5) is 5.69 Å². The molecule has 1 fully saturated rings. The lowest BCUT2D eigenvalue weighted by Gasteiger charge is -2.18. The molecular formula is C24H27N5O3S. The van der Waals surface area contributed by atoms with Crippen LogP contribution in [0.15, 0.2) is 59.8 Å². The fourth-order valence-electron chi connectivity index (χ4n) is 3.52. The summed E-state index contributed by atoms with van der Waals surface area (Å²) in [7, 11) is 0. The van der Waals surface area contributed by atoms with Crippen LogP contribution in [0.1, 0.15) is 48.7 Å². The monoisotopic (exact) mass is 465 g/mol. The van der Waals surface area contributed by atoms with Crippen molar-refractivity contribution in [2.75, 3.05) is 11.9 Å². The molecule has 172 valence electrons. The Morgan fingerprint density at radius 3 is 2.58 bits per heavy atom. The van der Waals surface area contributed by atoms with Crippen LogP contribution in [-0.4, -0.2) is 33.2 Å². The average Bonchev–Trinajstić information content (AvgIpc) is 3.58. The molecule has 0 spiro atoms. The maximum Gasteiger partial charge on any atom is 0.242 e. The highest BCUT2D eigenvalue weighted by Gasteiger charge is 2.32. The van der Waals surface area contributed by atoms with Crippen LogP contribution in [0.2, 0.25) is 0 Å². The number of amides is 2. The first kappa shape index (κ1) is 22.8. The van der Waals surface area contributed by atoms with Crippen molar-refractivity contribution in [2.24, 2.45) is 5.73 Å². The quantitative estimate of drug-likeness (QED) is 0.415. The number of anilines is 1. The number of carbonyl (C=O) groups is 2. The molecule has 1 aliphatic carbocycles. The number of carbonyl (C=O) groups excluding carboxylic acids is 2. The first-order chi connectivity index (χ1) is 16.1. The Morgan fingerprint density at radius 2 is 1.88 bits per heavy atom. The smallest absolute Gasteiger partial charge is 0.242 e. The van der Waals surface area contributed by atoms with E-state index in [1.165, 1.54) is 11.8 Å². The van der Waals surface area contributed by atoms with Crippen molar-refractivity contribution in [2.45, 2.75) is 49.1 Å². The zero-order chi connectivity index (χ0) is 23.2. The maximum atomic E-state index is 13.5. The van der Waals surface area contributed by atoms with Gasteiger partial charge in [0.1, 0.15) is 16.8 Å². The lowest BCUT2D eigenvalue weighted by atomic mass is 10.1. The Balaban J connectivity index is 1.63. The van der Waals surface area contributed by atoms with Gasteiger partial charge in [-0.3, -0.25) is 9.59 Å². The van der Waals surface area contributed by atoms with Crippen LogP contribution < -0.4 is 15.8 Å². The zero-order valence-electron chi connectivity index (χ0n) is 18.4. The van der Waals surface area contributed by atoms with Crippen LogP contribution in [0.25, 0.3) is 0 Å². The molecule has 8 nitrogen and oxygen atoms in total. The van der Waals surface area contributed by atoms with Gasteiger partial charge in [-0.1, -0.05) is 54.2 Å². The maximum absolute atomic E-state index is 13.5. The molecule has 2 amide bonds. The summed E-state index contributed by atoms with van der Waals surface area (Å²) in [5.41, 5.74) is 6.84. The molecule has 1 aliphatic rings. The predicted octanol–water partition coefficient (Wildman–Crippen LogP) is 3.90. The number of aromatic nitrogens is 3. The minimum Gasteiger partial charge on any atom is -0.492 e. The van der Waals surface area contributed by atoms with Gasteiger partial charge in [0, 0.05) is 18.9 Å². The molecule has 4 rings (SSSR count). The van der Waals surface area contributed by atoms with E-state index in [4.69, 9.17) is 10.5 Å². The van der Waals surface area contributed by atoms with Gasteiger partial charge in [-0.2, -0.15) is 0 Å². The van der Waals surface area contributed by atoms with E-state index in [2.05, 4.69) is 15.5 Å². The third-order valence-electron chi connectivity index (χ3n) is 5.28. The van der Waals surface area contributed by atoms with Crippen LogP contribution >= 0.6 is 11.8 Å². The Morgan fingerprint density at radius 1 is 1.15 bits per heavy atom. The van der Waals surface area contributed by atoms with Crippen LogP contribution in [0, 0.1) is 0 Å². The van der Waals surface area contributed by atoms with E-state index in [0.717, 1.165) is 24.2 Å². The Bertz CT molecular complexity index is 1110. The van der Waals surface area contributed by atoms with E-state index in [1.54, 1.807) is 0 Å². The molecule has 1 unspecified atom stereocenters. The topological polar surface area (TPSA) is 112 Å². The highest BCUT2D eigenvalue weighted by atomic mass is 32.2. The minimum absolute atomic E-state index is 0.190. The summed E-state index contributed by atoms with van der Waals surface area (Å²) in [5, 5.41) is 11.8. The minimum atomic E-state index is -0.579. The number of nitrogens with two attached hydrogens (primary N) is 1. The second-order valence-corrected chi connectivity index (χ2v) is 8.88. The summed E-state index contributed by atoms with van der Waals surface area (Å²) in [5.74, 6) is 1.24. The van der Waals surface area contributed by atoms with Gasteiger partial charge in [-0.05, 0) is 37.5 Å². The molecular weight excluding hydrogens is 438 g/mol. The number of ether oxygens (including phenoxy) is 1. The molecule has 0 radical (unpaired) electrons. The second kappa shape index (κ2) is 10.5. The van der Waals surface area contributed by atoms with Crippen molar-refractivity contribution in [1.82, 2.24) is 14.8 Å². The lowest BCUT2D eigenvalue weighted by Crippen LogP contribution is -2.20. The molecule has 0 bridgehead atoms. The standard InChI is InChI=1S/C24H27N5O3S/c1-2-32-19-11-7-6-10-18(19)26-23(31)21(16-8-4-3-5-9-16)33-24-28-27-22(17-12-13-17)29(24)15-14-20(25)30/h3-11,17,21H,2,12-15H2,1H3,(H2,25,30)(H,26,31). The summed E-state index contributed by atoms with van der Waals surface area (Å²) in [4.78, 5) is 24.9. The second-order valence-electron chi connectivity index (χ2n) is 7.81. The van der Waals surface area contributed by atoms with Crippen molar-refractivity contribution >= 4 is 29.3 Å². The van der Waals surface area contributed by atoms with E-state index in [0.29, 0.717) is 35.7 Å². The molecule has 0 aliphatic heterocycles. The van der Waals surface area contributed by atoms with Gasteiger partial charge < -0.3 is 20.4 Å². The van der Waals surface area contributed by atoms with E-state index in [-0.39, 0.29) is 18.2 Å². The van der Waals surface area contributed by atoms with Crippen molar-refractivity contribution in [3.05, 3.63) is 66.0 Å². The number of benzene rings is 2. The number of hydrogen-bond acceptors (Lipinski definition) is 6. The molecule has 1 atom stereocenters. The number of rotatable bonds is 11. The summed E-state index contributed by atoms with van der Waals surface area (Å²) in [6.07, 6.45) is 2.29. The summed E-state index contributed by atoms with van der Waals surface area (Å²) >= 11 is 1.32. The Kier molecular flexibility index (Phi) is 7.29. The molecule has 1 heterocycles. The number of nitrogens with zero attached hydrogens (tertiary/aromatic N) is 3. The van der Waals surface area contributed by atoms with E-state index in [9.17, 15) is 9.59 Å². The Labute approximate surface area is 196 Å². The number of nitrogens with one attached hydrogen (secondary N) is 1. The number of para-hydroxylation sites is 2. The van der Waals surface area contributed by atoms with Crippen molar-refractivity contribution in [1.29, 1.82) is 0 Å². The third kappa shape index (κ3) is 5.73. The first-order valence-corrected chi connectivity index (χ1v) is 11.9. The highest BCUT2D eigenvalue weighted by Crippen LogP contribution is 2.42. The molecule has 1 aromatic heterocycles. The first-order valence-electron chi connectivity index (χ1n) is 11.0. The van der Waals surface area contributed by atoms with Crippen LogP contribution in [0.3, 0.4) is 0 Å². The highest BCUT2D eigenvalue weighted by molar-refractivity contribution is 8.00. The summed E-state index contributed by atoms with van der Waals surface area (Å²) < 4.78 is 7.59. The normalized spacial score (nSPS) is 14.0. The van der Waals surface area contributed by atoms with Crippen LogP contribution in [-0.2, 0) is 16.1 Å². The summed E-state index contributed by atoms with van der Waals surface area (Å²) in [6, 6.07) is 16.9. The molecule has 2 aromatic carbocycles. The van der Waals surface area contributed by atoms with Gasteiger partial charge in [0.2, 0.25) is 11.8 Å². The van der Waals surface area contributed by atoms with E-state index in [1.807, 2.05) is 66.1 Å². The fraction of sp³-hybridized carbons (Fsp3) is 0.333. The molecule has 1 saturated carbocycles. The van der Waals surface area contributed by atoms with Gasteiger partial charge >= 0.3 is 0 Å². The van der Waals surface area contributed by atoms with E-state index < -0.39 is 5.25 Å². The van der Waals surface area contributed by atoms with Gasteiger partial charge in [0.25, 0.3) is 0 Å². The van der Waals surface area contributed by atoms with Crippen molar-refractivity contribution < 1.29 is 14.3 Å².